The first-order valence-corrected chi connectivity index (χ1v) is 6.43. The Kier molecular flexibility index (Phi) is 4.74. The number of hydrogen-bond donors (Lipinski definition) is 2. The Labute approximate surface area is 118 Å². The Morgan fingerprint density at radius 1 is 1.15 bits per heavy atom. The highest BCUT2D eigenvalue weighted by Gasteiger charge is 2.04. The van der Waals surface area contributed by atoms with E-state index < -0.39 is 0 Å². The van der Waals surface area contributed by atoms with Gasteiger partial charge >= 0.3 is 0 Å². The molecule has 4 heteroatoms. The van der Waals surface area contributed by atoms with Crippen molar-refractivity contribution in [3.8, 4) is 0 Å². The molecule has 0 aromatic heterocycles. The van der Waals surface area contributed by atoms with Gasteiger partial charge in [0.2, 0.25) is 5.91 Å². The van der Waals surface area contributed by atoms with Gasteiger partial charge in [-0.3, -0.25) is 4.79 Å². The normalized spacial score (nSPS) is 10.2. The van der Waals surface area contributed by atoms with Crippen molar-refractivity contribution in [1.82, 2.24) is 0 Å². The van der Waals surface area contributed by atoms with Crippen molar-refractivity contribution in [1.29, 1.82) is 0 Å². The lowest BCUT2D eigenvalue weighted by Crippen LogP contribution is -2.18. The molecule has 2 rings (SSSR count). The van der Waals surface area contributed by atoms with Gasteiger partial charge in [0.1, 0.15) is 6.61 Å². The number of aryl methyl sites for hydroxylation is 1. The van der Waals surface area contributed by atoms with Gasteiger partial charge in [0.05, 0.1) is 6.61 Å². The Morgan fingerprint density at radius 2 is 1.85 bits per heavy atom. The highest BCUT2D eigenvalue weighted by Crippen LogP contribution is 2.13. The summed E-state index contributed by atoms with van der Waals surface area (Å²) in [6.45, 7) is 2.37. The molecule has 0 spiro atoms. The fourth-order valence-corrected chi connectivity index (χ4v) is 1.77. The van der Waals surface area contributed by atoms with Gasteiger partial charge in [-0.25, -0.2) is 0 Å². The number of carbonyl (C=O) groups is 1. The minimum atomic E-state index is -0.158. The van der Waals surface area contributed by atoms with E-state index in [1.165, 1.54) is 0 Å². The molecule has 0 fully saturated rings. The van der Waals surface area contributed by atoms with Crippen LogP contribution in [0.4, 0.5) is 11.4 Å². The summed E-state index contributed by atoms with van der Waals surface area (Å²) in [5.41, 5.74) is 9.14. The summed E-state index contributed by atoms with van der Waals surface area (Å²) in [7, 11) is 0. The van der Waals surface area contributed by atoms with E-state index in [9.17, 15) is 4.79 Å². The molecule has 0 heterocycles. The number of rotatable bonds is 5. The lowest BCUT2D eigenvalue weighted by molar-refractivity contribution is -0.121. The molecule has 20 heavy (non-hydrogen) atoms. The fraction of sp³-hybridized carbons (Fsp3) is 0.188. The molecule has 0 bridgehead atoms. The van der Waals surface area contributed by atoms with Gasteiger partial charge in [-0.1, -0.05) is 30.3 Å². The minimum Gasteiger partial charge on any atom is -0.399 e. The van der Waals surface area contributed by atoms with Crippen LogP contribution in [-0.4, -0.2) is 12.5 Å². The van der Waals surface area contributed by atoms with E-state index >= 15 is 0 Å². The third kappa shape index (κ3) is 4.10. The maximum absolute atomic E-state index is 11.8. The maximum atomic E-state index is 11.8. The zero-order chi connectivity index (χ0) is 14.4. The SMILES string of the molecule is Cc1ccccc1NC(=O)COCc1ccc(N)cc1. The number of carbonyl (C=O) groups excluding carboxylic acids is 1. The van der Waals surface area contributed by atoms with Crippen LogP contribution in [-0.2, 0) is 16.1 Å². The predicted octanol–water partition coefficient (Wildman–Crippen LogP) is 2.73. The van der Waals surface area contributed by atoms with Crippen molar-refractivity contribution in [3.63, 3.8) is 0 Å². The number of ether oxygens (including phenoxy) is 1. The molecule has 0 saturated carbocycles. The van der Waals surface area contributed by atoms with Gasteiger partial charge in [-0.2, -0.15) is 0 Å². The van der Waals surface area contributed by atoms with Crippen molar-refractivity contribution in [2.45, 2.75) is 13.5 Å². The van der Waals surface area contributed by atoms with Gasteiger partial charge in [0.25, 0.3) is 0 Å². The molecule has 0 atom stereocenters. The van der Waals surface area contributed by atoms with Crippen LogP contribution < -0.4 is 11.1 Å². The number of amides is 1. The molecular weight excluding hydrogens is 252 g/mol. The summed E-state index contributed by atoms with van der Waals surface area (Å²) in [5.74, 6) is -0.158. The Hall–Kier alpha value is -2.33. The van der Waals surface area contributed by atoms with E-state index in [0.717, 1.165) is 16.8 Å². The second-order valence-corrected chi connectivity index (χ2v) is 4.60. The number of para-hydroxylation sites is 1. The molecule has 4 nitrogen and oxygen atoms in total. The van der Waals surface area contributed by atoms with Gasteiger partial charge < -0.3 is 15.8 Å². The van der Waals surface area contributed by atoms with E-state index in [1.54, 1.807) is 0 Å². The van der Waals surface area contributed by atoms with Gasteiger partial charge in [0, 0.05) is 11.4 Å². The highest BCUT2D eigenvalue weighted by atomic mass is 16.5. The van der Waals surface area contributed by atoms with Crippen molar-refractivity contribution >= 4 is 17.3 Å². The Morgan fingerprint density at radius 3 is 2.55 bits per heavy atom. The summed E-state index contributed by atoms with van der Waals surface area (Å²) in [5, 5.41) is 2.82. The van der Waals surface area contributed by atoms with E-state index in [0.29, 0.717) is 12.3 Å². The van der Waals surface area contributed by atoms with E-state index in [1.807, 2.05) is 55.5 Å². The van der Waals surface area contributed by atoms with Crippen molar-refractivity contribution in [3.05, 3.63) is 59.7 Å². The molecule has 2 aromatic rings. The molecule has 0 unspecified atom stereocenters. The summed E-state index contributed by atoms with van der Waals surface area (Å²) < 4.78 is 5.38. The van der Waals surface area contributed by atoms with Crippen LogP contribution in [0.2, 0.25) is 0 Å². The average Bonchev–Trinajstić information content (AvgIpc) is 2.44. The number of nitrogens with one attached hydrogen (secondary N) is 1. The molecule has 0 aliphatic rings. The van der Waals surface area contributed by atoms with Gasteiger partial charge in [-0.05, 0) is 36.2 Å². The first-order chi connectivity index (χ1) is 9.65. The van der Waals surface area contributed by atoms with E-state index in [4.69, 9.17) is 10.5 Å². The molecular formula is C16H18N2O2. The third-order valence-electron chi connectivity index (χ3n) is 2.90. The number of benzene rings is 2. The number of nitrogens with two attached hydrogens (primary N) is 1. The molecule has 0 saturated heterocycles. The second kappa shape index (κ2) is 6.73. The van der Waals surface area contributed by atoms with Crippen molar-refractivity contribution < 1.29 is 9.53 Å². The standard InChI is InChI=1S/C16H18N2O2/c1-12-4-2-3-5-15(12)18-16(19)11-20-10-13-6-8-14(17)9-7-13/h2-9H,10-11,17H2,1H3,(H,18,19). The fourth-order valence-electron chi connectivity index (χ4n) is 1.77. The third-order valence-corrected chi connectivity index (χ3v) is 2.90. The molecule has 0 aliphatic carbocycles. The molecule has 3 N–H and O–H groups in total. The van der Waals surface area contributed by atoms with Crippen LogP contribution >= 0.6 is 0 Å². The van der Waals surface area contributed by atoms with Crippen LogP contribution in [0.25, 0.3) is 0 Å². The summed E-state index contributed by atoms with van der Waals surface area (Å²) in [6, 6.07) is 15.0. The first kappa shape index (κ1) is 14.1. The number of nitrogen functional groups attached to an aromatic ring is 1. The summed E-state index contributed by atoms with van der Waals surface area (Å²) >= 11 is 0. The summed E-state index contributed by atoms with van der Waals surface area (Å²) in [6.07, 6.45) is 0. The quantitative estimate of drug-likeness (QED) is 0.821. The van der Waals surface area contributed by atoms with Crippen LogP contribution in [0.5, 0.6) is 0 Å². The van der Waals surface area contributed by atoms with Crippen LogP contribution in [0.1, 0.15) is 11.1 Å². The van der Waals surface area contributed by atoms with Gasteiger partial charge in [0.15, 0.2) is 0 Å². The number of anilines is 2. The van der Waals surface area contributed by atoms with Crippen molar-refractivity contribution in [2.75, 3.05) is 17.7 Å². The number of hydrogen-bond acceptors (Lipinski definition) is 3. The van der Waals surface area contributed by atoms with E-state index in [2.05, 4.69) is 5.32 Å². The topological polar surface area (TPSA) is 64.3 Å². The van der Waals surface area contributed by atoms with Crippen LogP contribution in [0, 0.1) is 6.92 Å². The Bertz CT molecular complexity index is 579. The monoisotopic (exact) mass is 270 g/mol. The van der Waals surface area contributed by atoms with Crippen molar-refractivity contribution in [2.24, 2.45) is 0 Å². The molecule has 104 valence electrons. The second-order valence-electron chi connectivity index (χ2n) is 4.60. The maximum Gasteiger partial charge on any atom is 0.250 e. The molecule has 1 amide bonds. The first-order valence-electron chi connectivity index (χ1n) is 6.43. The molecule has 2 aromatic carbocycles. The molecule has 0 aliphatic heterocycles. The van der Waals surface area contributed by atoms with Crippen LogP contribution in [0.3, 0.4) is 0 Å². The van der Waals surface area contributed by atoms with Gasteiger partial charge in [-0.15, -0.1) is 0 Å². The lowest BCUT2D eigenvalue weighted by Gasteiger charge is -2.08. The lowest BCUT2D eigenvalue weighted by atomic mass is 10.2. The minimum absolute atomic E-state index is 0.0265. The zero-order valence-corrected chi connectivity index (χ0v) is 11.4. The average molecular weight is 270 g/mol. The zero-order valence-electron chi connectivity index (χ0n) is 11.4. The highest BCUT2D eigenvalue weighted by molar-refractivity contribution is 5.92. The smallest absolute Gasteiger partial charge is 0.250 e. The molecule has 0 radical (unpaired) electrons. The Balaban J connectivity index is 1.78. The van der Waals surface area contributed by atoms with Crippen LogP contribution in [0.15, 0.2) is 48.5 Å². The largest absolute Gasteiger partial charge is 0.399 e. The predicted molar refractivity (Wildman–Crippen MR) is 80.3 cm³/mol. The van der Waals surface area contributed by atoms with E-state index in [-0.39, 0.29) is 12.5 Å². The summed E-state index contributed by atoms with van der Waals surface area (Å²) in [4.78, 5) is 11.8.